The highest BCUT2D eigenvalue weighted by Gasteiger charge is 2.33. The molecule has 0 aromatic rings. The predicted octanol–water partition coefficient (Wildman–Crippen LogP) is -0.802. The minimum Gasteiger partial charge on any atom is -0.396 e. The van der Waals surface area contributed by atoms with E-state index in [9.17, 15) is 9.59 Å². The molecule has 1 fully saturated rings. The molecule has 0 aromatic heterocycles. The summed E-state index contributed by atoms with van der Waals surface area (Å²) in [7, 11) is 3.13. The van der Waals surface area contributed by atoms with E-state index in [1.807, 2.05) is 0 Å². The number of imide groups is 1. The van der Waals surface area contributed by atoms with Crippen LogP contribution in [-0.2, 0) is 4.79 Å². The van der Waals surface area contributed by atoms with Crippen LogP contribution in [0.25, 0.3) is 0 Å². The zero-order valence-corrected chi connectivity index (χ0v) is 9.06. The van der Waals surface area contributed by atoms with Gasteiger partial charge in [0, 0.05) is 20.7 Å². The molecule has 15 heavy (non-hydrogen) atoms. The largest absolute Gasteiger partial charge is 0.396 e. The fraction of sp³-hybridized carbons (Fsp3) is 0.778. The zero-order chi connectivity index (χ0) is 11.4. The lowest BCUT2D eigenvalue weighted by Crippen LogP contribution is -2.58. The molecule has 1 unspecified atom stereocenters. The van der Waals surface area contributed by atoms with Crippen molar-refractivity contribution in [2.24, 2.45) is 0 Å². The Morgan fingerprint density at radius 2 is 2.13 bits per heavy atom. The van der Waals surface area contributed by atoms with Gasteiger partial charge in [-0.15, -0.1) is 0 Å². The van der Waals surface area contributed by atoms with Crippen LogP contribution in [0.1, 0.15) is 12.8 Å². The highest BCUT2D eigenvalue weighted by atomic mass is 16.3. The smallest absolute Gasteiger partial charge is 0.327 e. The summed E-state index contributed by atoms with van der Waals surface area (Å²) in [6, 6.07) is -0.298. The summed E-state index contributed by atoms with van der Waals surface area (Å²) in [5, 5.41) is 11.7. The molecule has 1 heterocycles. The van der Waals surface area contributed by atoms with Crippen molar-refractivity contribution in [1.29, 1.82) is 0 Å². The van der Waals surface area contributed by atoms with E-state index in [2.05, 4.69) is 5.32 Å². The quantitative estimate of drug-likeness (QED) is 0.602. The second-order valence-corrected chi connectivity index (χ2v) is 3.60. The molecule has 0 aliphatic carbocycles. The van der Waals surface area contributed by atoms with Gasteiger partial charge in [-0.25, -0.2) is 4.79 Å². The molecule has 6 nitrogen and oxygen atoms in total. The zero-order valence-electron chi connectivity index (χ0n) is 9.06. The highest BCUT2D eigenvalue weighted by Crippen LogP contribution is 2.11. The van der Waals surface area contributed by atoms with Gasteiger partial charge in [-0.3, -0.25) is 15.0 Å². The molecular weight excluding hydrogens is 198 g/mol. The van der Waals surface area contributed by atoms with Crippen LogP contribution < -0.4 is 5.32 Å². The van der Waals surface area contributed by atoms with E-state index < -0.39 is 0 Å². The molecular formula is C9H17N3O3. The normalized spacial score (nSPS) is 22.5. The Morgan fingerprint density at radius 3 is 2.73 bits per heavy atom. The number of amides is 3. The number of rotatable bonds is 4. The van der Waals surface area contributed by atoms with E-state index in [1.54, 1.807) is 7.05 Å². The molecule has 2 N–H and O–H groups in total. The Balaban J connectivity index is 2.51. The molecule has 1 aliphatic heterocycles. The molecule has 0 radical (unpaired) electrons. The van der Waals surface area contributed by atoms with Crippen LogP contribution in [0.5, 0.6) is 0 Å². The van der Waals surface area contributed by atoms with E-state index in [4.69, 9.17) is 5.11 Å². The summed E-state index contributed by atoms with van der Waals surface area (Å²) in [6.07, 6.45) is 0.639. The Kier molecular flexibility index (Phi) is 4.05. The average Bonchev–Trinajstić information content (AvgIpc) is 2.23. The van der Waals surface area contributed by atoms with Gasteiger partial charge in [-0.05, 0) is 13.0 Å². The first kappa shape index (κ1) is 11.9. The molecule has 0 aromatic carbocycles. The molecule has 0 saturated carbocycles. The summed E-state index contributed by atoms with van der Waals surface area (Å²) in [6.45, 7) is 0.695. The SMILES string of the molecule is CN1C(=O)CC(NCCCO)N(C)C1=O. The van der Waals surface area contributed by atoms with E-state index in [0.717, 1.165) is 4.90 Å². The van der Waals surface area contributed by atoms with Crippen molar-refractivity contribution in [3.05, 3.63) is 0 Å². The Hall–Kier alpha value is -1.14. The fourth-order valence-corrected chi connectivity index (χ4v) is 1.47. The standard InChI is InChI=1S/C9H17N3O3/c1-11-7(10-4-3-5-13)6-8(14)12(2)9(11)15/h7,10,13H,3-6H2,1-2H3. The molecule has 1 saturated heterocycles. The van der Waals surface area contributed by atoms with Crippen LogP contribution in [0.15, 0.2) is 0 Å². The van der Waals surface area contributed by atoms with E-state index in [1.165, 1.54) is 11.9 Å². The highest BCUT2D eigenvalue weighted by molar-refractivity contribution is 5.96. The molecule has 86 valence electrons. The van der Waals surface area contributed by atoms with Gasteiger partial charge in [-0.2, -0.15) is 0 Å². The second kappa shape index (κ2) is 5.09. The number of nitrogens with zero attached hydrogens (tertiary/aromatic N) is 2. The van der Waals surface area contributed by atoms with Crippen LogP contribution in [0.2, 0.25) is 0 Å². The minimum atomic E-state index is -0.298. The molecule has 6 heteroatoms. The van der Waals surface area contributed by atoms with Crippen molar-refractivity contribution >= 4 is 11.9 Å². The molecule has 0 spiro atoms. The van der Waals surface area contributed by atoms with E-state index in [0.29, 0.717) is 13.0 Å². The van der Waals surface area contributed by atoms with Crippen LogP contribution in [-0.4, -0.2) is 60.3 Å². The third-order valence-corrected chi connectivity index (χ3v) is 2.51. The number of nitrogens with one attached hydrogen (secondary N) is 1. The van der Waals surface area contributed by atoms with Gasteiger partial charge in [0.1, 0.15) is 0 Å². The number of aliphatic hydroxyl groups is 1. The molecule has 1 rings (SSSR count). The first-order valence-corrected chi connectivity index (χ1v) is 4.95. The number of hydrogen-bond acceptors (Lipinski definition) is 4. The number of hydrogen-bond donors (Lipinski definition) is 2. The maximum absolute atomic E-state index is 11.5. The van der Waals surface area contributed by atoms with Crippen LogP contribution >= 0.6 is 0 Å². The monoisotopic (exact) mass is 215 g/mol. The lowest BCUT2D eigenvalue weighted by molar-refractivity contribution is -0.131. The van der Waals surface area contributed by atoms with Gasteiger partial charge in [0.15, 0.2) is 0 Å². The lowest BCUT2D eigenvalue weighted by Gasteiger charge is -2.36. The van der Waals surface area contributed by atoms with Gasteiger partial charge in [0.25, 0.3) is 0 Å². The van der Waals surface area contributed by atoms with Crippen molar-refractivity contribution in [3.8, 4) is 0 Å². The maximum Gasteiger partial charge on any atom is 0.327 e. The number of aliphatic hydroxyl groups excluding tert-OH is 1. The Labute approximate surface area is 88.8 Å². The van der Waals surface area contributed by atoms with Crippen LogP contribution in [0.4, 0.5) is 4.79 Å². The van der Waals surface area contributed by atoms with Crippen molar-refractivity contribution in [2.45, 2.75) is 19.0 Å². The minimum absolute atomic E-state index is 0.102. The summed E-state index contributed by atoms with van der Waals surface area (Å²) >= 11 is 0. The van der Waals surface area contributed by atoms with Gasteiger partial charge >= 0.3 is 6.03 Å². The Morgan fingerprint density at radius 1 is 1.47 bits per heavy atom. The van der Waals surface area contributed by atoms with Crippen LogP contribution in [0.3, 0.4) is 0 Å². The third-order valence-electron chi connectivity index (χ3n) is 2.51. The average molecular weight is 215 g/mol. The van der Waals surface area contributed by atoms with Crippen molar-refractivity contribution in [3.63, 3.8) is 0 Å². The summed E-state index contributed by atoms with van der Waals surface area (Å²) in [5.41, 5.74) is 0. The van der Waals surface area contributed by atoms with Crippen molar-refractivity contribution < 1.29 is 14.7 Å². The summed E-state index contributed by atoms with van der Waals surface area (Å²) in [5.74, 6) is -0.181. The van der Waals surface area contributed by atoms with Crippen molar-refractivity contribution in [2.75, 3.05) is 27.2 Å². The molecule has 1 aliphatic rings. The van der Waals surface area contributed by atoms with Crippen LogP contribution in [0, 0.1) is 0 Å². The van der Waals surface area contributed by atoms with Crippen molar-refractivity contribution in [1.82, 2.24) is 15.1 Å². The molecule has 1 atom stereocenters. The van der Waals surface area contributed by atoms with Gasteiger partial charge in [-0.1, -0.05) is 0 Å². The Bertz CT molecular complexity index is 257. The number of carbonyl (C=O) groups excluding carboxylic acids is 2. The predicted molar refractivity (Wildman–Crippen MR) is 54.0 cm³/mol. The molecule has 0 bridgehead atoms. The maximum atomic E-state index is 11.5. The van der Waals surface area contributed by atoms with E-state index >= 15 is 0 Å². The third kappa shape index (κ3) is 2.66. The van der Waals surface area contributed by atoms with E-state index in [-0.39, 0.29) is 31.1 Å². The topological polar surface area (TPSA) is 72.9 Å². The lowest BCUT2D eigenvalue weighted by atomic mass is 10.2. The number of carbonyl (C=O) groups is 2. The first-order valence-electron chi connectivity index (χ1n) is 4.95. The van der Waals surface area contributed by atoms with Gasteiger partial charge in [0.05, 0.1) is 12.6 Å². The summed E-state index contributed by atoms with van der Waals surface area (Å²) in [4.78, 5) is 25.5. The second-order valence-electron chi connectivity index (χ2n) is 3.60. The fourth-order valence-electron chi connectivity index (χ4n) is 1.47. The molecule has 3 amide bonds. The number of urea groups is 1. The summed E-state index contributed by atoms with van der Waals surface area (Å²) < 4.78 is 0. The van der Waals surface area contributed by atoms with Gasteiger partial charge < -0.3 is 10.0 Å². The first-order chi connectivity index (χ1) is 7.07. The van der Waals surface area contributed by atoms with Gasteiger partial charge in [0.2, 0.25) is 5.91 Å².